The highest BCUT2D eigenvalue weighted by Gasteiger charge is 2.14. The summed E-state index contributed by atoms with van der Waals surface area (Å²) in [6.07, 6.45) is 3.82. The zero-order valence-corrected chi connectivity index (χ0v) is 14.6. The van der Waals surface area contributed by atoms with Crippen molar-refractivity contribution >= 4 is 35.6 Å². The number of rotatable bonds is 5. The molecule has 23 heavy (non-hydrogen) atoms. The van der Waals surface area contributed by atoms with Gasteiger partial charge in [0, 0.05) is 31.8 Å². The molecule has 128 valence electrons. The van der Waals surface area contributed by atoms with E-state index in [0.29, 0.717) is 12.3 Å². The summed E-state index contributed by atoms with van der Waals surface area (Å²) in [5, 5.41) is 6.26. The fourth-order valence-electron chi connectivity index (χ4n) is 2.70. The molecular weight excluding hydrogens is 314 g/mol. The largest absolute Gasteiger partial charge is 0.326 e. The molecule has 2 amide bonds. The lowest BCUT2D eigenvalue weighted by atomic mass is 9.93. The number of carbonyl (C=O) groups is 2. The third-order valence-electron chi connectivity index (χ3n) is 4.23. The Balaban J connectivity index is 0.00000264. The number of nitrogens with zero attached hydrogens (tertiary/aromatic N) is 1. The summed E-state index contributed by atoms with van der Waals surface area (Å²) in [6.45, 7) is 3.64. The van der Waals surface area contributed by atoms with Crippen LogP contribution in [0.3, 0.4) is 0 Å². The average Bonchev–Trinajstić information content (AvgIpc) is 2.53. The highest BCUT2D eigenvalue weighted by molar-refractivity contribution is 5.94. The number of hydrogen-bond acceptors (Lipinski definition) is 3. The maximum Gasteiger partial charge on any atom is 0.224 e. The van der Waals surface area contributed by atoms with Gasteiger partial charge in [0.2, 0.25) is 11.8 Å². The van der Waals surface area contributed by atoms with Crippen molar-refractivity contribution in [2.45, 2.75) is 32.6 Å². The fraction of sp³-hybridized carbons (Fsp3) is 0.529. The third-order valence-corrected chi connectivity index (χ3v) is 4.23. The Morgan fingerprint density at radius 2 is 2.00 bits per heavy atom. The molecule has 1 aromatic rings. The molecule has 0 bridgehead atoms. The van der Waals surface area contributed by atoms with Crippen LogP contribution in [0.4, 0.5) is 11.4 Å². The summed E-state index contributed by atoms with van der Waals surface area (Å²) in [5.74, 6) is 0.665. The number of amides is 2. The van der Waals surface area contributed by atoms with Gasteiger partial charge in [-0.2, -0.15) is 0 Å². The predicted octanol–water partition coefficient (Wildman–Crippen LogP) is 2.81. The van der Waals surface area contributed by atoms with Gasteiger partial charge in [-0.25, -0.2) is 0 Å². The van der Waals surface area contributed by atoms with Gasteiger partial charge in [0.15, 0.2) is 0 Å². The Hall–Kier alpha value is -1.59. The van der Waals surface area contributed by atoms with Crippen molar-refractivity contribution in [3.8, 4) is 0 Å². The Labute approximate surface area is 144 Å². The van der Waals surface area contributed by atoms with Crippen LogP contribution < -0.4 is 15.5 Å². The molecule has 1 aliphatic rings. The summed E-state index contributed by atoms with van der Waals surface area (Å²) in [6, 6.07) is 7.37. The second-order valence-electron chi connectivity index (χ2n) is 5.91. The van der Waals surface area contributed by atoms with Gasteiger partial charge in [-0.1, -0.05) is 6.07 Å². The number of anilines is 2. The van der Waals surface area contributed by atoms with Crippen molar-refractivity contribution in [3.63, 3.8) is 0 Å². The van der Waals surface area contributed by atoms with Gasteiger partial charge < -0.3 is 15.5 Å². The number of carbonyl (C=O) groups excluding carboxylic acids is 2. The summed E-state index contributed by atoms with van der Waals surface area (Å²) >= 11 is 0. The molecule has 0 saturated carbocycles. The average molecular weight is 340 g/mol. The molecule has 6 heteroatoms. The Bertz CT molecular complexity index is 530. The van der Waals surface area contributed by atoms with Crippen molar-refractivity contribution in [2.24, 2.45) is 5.92 Å². The molecule has 0 atom stereocenters. The SMILES string of the molecule is CC(=O)N(C)c1cccc(NC(=O)CCC2CCNCC2)c1.Cl. The minimum absolute atomic E-state index is 0. The molecule has 1 fully saturated rings. The summed E-state index contributed by atoms with van der Waals surface area (Å²) in [5.41, 5.74) is 1.52. The molecule has 0 spiro atoms. The van der Waals surface area contributed by atoms with E-state index < -0.39 is 0 Å². The fourth-order valence-corrected chi connectivity index (χ4v) is 2.70. The van der Waals surface area contributed by atoms with E-state index in [4.69, 9.17) is 0 Å². The van der Waals surface area contributed by atoms with E-state index in [9.17, 15) is 9.59 Å². The van der Waals surface area contributed by atoms with Gasteiger partial charge in [-0.3, -0.25) is 9.59 Å². The molecule has 1 heterocycles. The van der Waals surface area contributed by atoms with Crippen LogP contribution in [-0.4, -0.2) is 32.0 Å². The van der Waals surface area contributed by atoms with E-state index in [1.165, 1.54) is 6.92 Å². The van der Waals surface area contributed by atoms with Gasteiger partial charge in [0.25, 0.3) is 0 Å². The number of hydrogen-bond donors (Lipinski definition) is 2. The molecule has 0 unspecified atom stereocenters. The maximum atomic E-state index is 12.1. The minimum Gasteiger partial charge on any atom is -0.326 e. The quantitative estimate of drug-likeness (QED) is 0.867. The van der Waals surface area contributed by atoms with Crippen LogP contribution in [0.2, 0.25) is 0 Å². The summed E-state index contributed by atoms with van der Waals surface area (Å²) in [4.78, 5) is 25.0. The molecule has 5 nitrogen and oxygen atoms in total. The molecule has 2 rings (SSSR count). The number of halogens is 1. The molecule has 0 aromatic heterocycles. The number of piperidine rings is 1. The first-order valence-electron chi connectivity index (χ1n) is 7.91. The van der Waals surface area contributed by atoms with Crippen LogP contribution in [0.25, 0.3) is 0 Å². The van der Waals surface area contributed by atoms with E-state index in [-0.39, 0.29) is 24.2 Å². The normalized spacial score (nSPS) is 14.7. The first-order valence-corrected chi connectivity index (χ1v) is 7.91. The van der Waals surface area contributed by atoms with E-state index in [2.05, 4.69) is 10.6 Å². The van der Waals surface area contributed by atoms with Gasteiger partial charge in [0.05, 0.1) is 0 Å². The smallest absolute Gasteiger partial charge is 0.224 e. The monoisotopic (exact) mass is 339 g/mol. The van der Waals surface area contributed by atoms with Crippen molar-refractivity contribution in [2.75, 3.05) is 30.4 Å². The zero-order chi connectivity index (χ0) is 15.9. The van der Waals surface area contributed by atoms with Crippen LogP contribution in [-0.2, 0) is 9.59 Å². The van der Waals surface area contributed by atoms with Crippen molar-refractivity contribution in [3.05, 3.63) is 24.3 Å². The van der Waals surface area contributed by atoms with Crippen LogP contribution >= 0.6 is 12.4 Å². The van der Waals surface area contributed by atoms with E-state index in [0.717, 1.165) is 43.7 Å². The van der Waals surface area contributed by atoms with Crippen LogP contribution in [0.5, 0.6) is 0 Å². The van der Waals surface area contributed by atoms with E-state index in [1.807, 2.05) is 24.3 Å². The molecule has 0 aliphatic carbocycles. The lowest BCUT2D eigenvalue weighted by Crippen LogP contribution is -2.28. The van der Waals surface area contributed by atoms with Gasteiger partial charge in [-0.15, -0.1) is 12.4 Å². The van der Waals surface area contributed by atoms with E-state index in [1.54, 1.807) is 11.9 Å². The maximum absolute atomic E-state index is 12.1. The molecule has 2 N–H and O–H groups in total. The van der Waals surface area contributed by atoms with Gasteiger partial charge >= 0.3 is 0 Å². The highest BCUT2D eigenvalue weighted by Crippen LogP contribution is 2.20. The third kappa shape index (κ3) is 6.20. The van der Waals surface area contributed by atoms with Crippen molar-refractivity contribution < 1.29 is 9.59 Å². The summed E-state index contributed by atoms with van der Waals surface area (Å²) in [7, 11) is 1.72. The standard InChI is InChI=1S/C17H25N3O2.ClH/c1-13(21)20(2)16-5-3-4-15(12-16)19-17(22)7-6-14-8-10-18-11-9-14;/h3-5,12,14,18H,6-11H2,1-2H3,(H,19,22);1H. The Kier molecular flexibility index (Phi) is 8.06. The molecular formula is C17H26ClN3O2. The Morgan fingerprint density at radius 3 is 2.65 bits per heavy atom. The second kappa shape index (κ2) is 9.53. The summed E-state index contributed by atoms with van der Waals surface area (Å²) < 4.78 is 0. The highest BCUT2D eigenvalue weighted by atomic mass is 35.5. The van der Waals surface area contributed by atoms with Crippen LogP contribution in [0.15, 0.2) is 24.3 Å². The van der Waals surface area contributed by atoms with Crippen LogP contribution in [0, 0.1) is 5.92 Å². The van der Waals surface area contributed by atoms with Gasteiger partial charge in [-0.05, 0) is 56.5 Å². The first kappa shape index (κ1) is 19.5. The van der Waals surface area contributed by atoms with Crippen molar-refractivity contribution in [1.29, 1.82) is 0 Å². The number of nitrogens with one attached hydrogen (secondary N) is 2. The molecule has 1 saturated heterocycles. The minimum atomic E-state index is -0.0330. The molecule has 1 aliphatic heterocycles. The molecule has 1 aromatic carbocycles. The molecule has 0 radical (unpaired) electrons. The predicted molar refractivity (Wildman–Crippen MR) is 96.2 cm³/mol. The zero-order valence-electron chi connectivity index (χ0n) is 13.8. The number of benzene rings is 1. The first-order chi connectivity index (χ1) is 10.6. The van der Waals surface area contributed by atoms with Crippen molar-refractivity contribution in [1.82, 2.24) is 5.32 Å². The van der Waals surface area contributed by atoms with Gasteiger partial charge in [0.1, 0.15) is 0 Å². The lowest BCUT2D eigenvalue weighted by Gasteiger charge is -2.22. The van der Waals surface area contributed by atoms with E-state index >= 15 is 0 Å². The van der Waals surface area contributed by atoms with Crippen LogP contribution in [0.1, 0.15) is 32.6 Å². The second-order valence-corrected chi connectivity index (χ2v) is 5.91. The Morgan fingerprint density at radius 1 is 1.30 bits per heavy atom. The lowest BCUT2D eigenvalue weighted by molar-refractivity contribution is -0.117. The topological polar surface area (TPSA) is 61.4 Å².